The number of rotatable bonds is 1. The predicted octanol–water partition coefficient (Wildman–Crippen LogP) is 1.08. The molecular formula is C9H11N3O. The van der Waals surface area contributed by atoms with Gasteiger partial charge in [-0.3, -0.25) is 14.0 Å². The molecule has 0 N–H and O–H groups in total. The molecule has 0 amide bonds. The van der Waals surface area contributed by atoms with Crippen LogP contribution in [0.3, 0.4) is 0 Å². The Balaban J connectivity index is 2.82. The molecule has 13 heavy (non-hydrogen) atoms. The smallest absolute Gasteiger partial charge is 0.296 e. The fourth-order valence-electron chi connectivity index (χ4n) is 1.33. The highest BCUT2D eigenvalue weighted by atomic mass is 16.1. The first-order valence-corrected chi connectivity index (χ1v) is 4.23. The number of nitrogens with zero attached hydrogens (tertiary/aromatic N) is 3. The van der Waals surface area contributed by atoms with Crippen molar-refractivity contribution in [3.8, 4) is 0 Å². The van der Waals surface area contributed by atoms with Crippen LogP contribution in [0.1, 0.15) is 19.9 Å². The summed E-state index contributed by atoms with van der Waals surface area (Å²) in [6.07, 6.45) is 6.79. The lowest BCUT2D eigenvalue weighted by molar-refractivity contribution is 0.576. The van der Waals surface area contributed by atoms with Crippen LogP contribution in [0.15, 0.2) is 29.6 Å². The summed E-state index contributed by atoms with van der Waals surface area (Å²) < 4.78 is 3.28. The van der Waals surface area contributed by atoms with Crippen molar-refractivity contribution in [3.05, 3.63) is 35.3 Å². The van der Waals surface area contributed by atoms with Gasteiger partial charge in [0, 0.05) is 24.6 Å². The summed E-state index contributed by atoms with van der Waals surface area (Å²) >= 11 is 0. The topological polar surface area (TPSA) is 39.3 Å². The highest BCUT2D eigenvalue weighted by molar-refractivity contribution is 5.41. The second-order valence-corrected chi connectivity index (χ2v) is 3.28. The van der Waals surface area contributed by atoms with Crippen LogP contribution in [0, 0.1) is 0 Å². The zero-order valence-corrected chi connectivity index (χ0v) is 7.64. The van der Waals surface area contributed by atoms with E-state index >= 15 is 0 Å². The van der Waals surface area contributed by atoms with Gasteiger partial charge in [0.15, 0.2) is 0 Å². The van der Waals surface area contributed by atoms with Crippen LogP contribution in [0.5, 0.6) is 0 Å². The number of hydrogen-bond donors (Lipinski definition) is 0. The van der Waals surface area contributed by atoms with E-state index in [2.05, 4.69) is 4.98 Å². The Hall–Kier alpha value is -1.58. The lowest BCUT2D eigenvalue weighted by Crippen LogP contribution is -2.21. The van der Waals surface area contributed by atoms with Crippen molar-refractivity contribution in [1.29, 1.82) is 0 Å². The van der Waals surface area contributed by atoms with E-state index in [1.165, 1.54) is 0 Å². The van der Waals surface area contributed by atoms with Gasteiger partial charge in [-0.25, -0.2) is 4.79 Å². The molecule has 2 rings (SSSR count). The maximum absolute atomic E-state index is 11.7. The van der Waals surface area contributed by atoms with Crippen LogP contribution in [0.4, 0.5) is 0 Å². The molecule has 0 unspecified atom stereocenters. The summed E-state index contributed by atoms with van der Waals surface area (Å²) in [6.45, 7) is 3.96. The molecule has 2 aromatic rings. The molecule has 2 aromatic heterocycles. The van der Waals surface area contributed by atoms with Crippen molar-refractivity contribution < 1.29 is 0 Å². The molecule has 4 heteroatoms. The minimum absolute atomic E-state index is 0.00704. The third-order valence-corrected chi connectivity index (χ3v) is 2.04. The molecule has 0 fully saturated rings. The van der Waals surface area contributed by atoms with Crippen LogP contribution in [-0.2, 0) is 0 Å². The zero-order valence-electron chi connectivity index (χ0n) is 7.64. The maximum Gasteiger partial charge on any atom is 0.333 e. The Kier molecular flexibility index (Phi) is 1.69. The fraction of sp³-hybridized carbons (Fsp3) is 0.333. The standard InChI is InChI=1S/C9H11N3O/c1-7(2)12-6-8-5-10-3-4-11(8)9(12)13/h3-7H,1-2H3. The zero-order chi connectivity index (χ0) is 9.42. The van der Waals surface area contributed by atoms with E-state index in [1.54, 1.807) is 27.6 Å². The van der Waals surface area contributed by atoms with Crippen LogP contribution < -0.4 is 5.69 Å². The first-order chi connectivity index (χ1) is 6.20. The summed E-state index contributed by atoms with van der Waals surface area (Å²) in [4.78, 5) is 15.6. The van der Waals surface area contributed by atoms with Crippen molar-refractivity contribution in [3.63, 3.8) is 0 Å². The third kappa shape index (κ3) is 1.14. The molecule has 0 bridgehead atoms. The van der Waals surface area contributed by atoms with Gasteiger partial charge in [-0.05, 0) is 13.8 Å². The van der Waals surface area contributed by atoms with Gasteiger partial charge in [-0.2, -0.15) is 0 Å². The Morgan fingerprint density at radius 3 is 2.85 bits per heavy atom. The molecule has 0 aromatic carbocycles. The molecule has 0 aliphatic rings. The van der Waals surface area contributed by atoms with E-state index < -0.39 is 0 Å². The molecule has 2 heterocycles. The molecule has 0 saturated heterocycles. The molecule has 4 nitrogen and oxygen atoms in total. The summed E-state index contributed by atoms with van der Waals surface area (Å²) in [5, 5.41) is 0. The molecule has 0 atom stereocenters. The monoisotopic (exact) mass is 177 g/mol. The van der Waals surface area contributed by atoms with E-state index in [9.17, 15) is 4.79 Å². The molecule has 68 valence electrons. The summed E-state index contributed by atoms with van der Waals surface area (Å²) in [5.41, 5.74) is 0.827. The van der Waals surface area contributed by atoms with Gasteiger partial charge in [0.05, 0.1) is 11.7 Å². The van der Waals surface area contributed by atoms with Gasteiger partial charge in [-0.1, -0.05) is 0 Å². The normalized spacial score (nSPS) is 11.3. The number of aromatic nitrogens is 3. The number of fused-ring (bicyclic) bond motifs is 1. The maximum atomic E-state index is 11.7. The van der Waals surface area contributed by atoms with Crippen molar-refractivity contribution in [1.82, 2.24) is 14.0 Å². The van der Waals surface area contributed by atoms with Crippen molar-refractivity contribution in [2.75, 3.05) is 0 Å². The molecule has 0 radical (unpaired) electrons. The minimum atomic E-state index is -0.00704. The Morgan fingerprint density at radius 1 is 1.46 bits per heavy atom. The van der Waals surface area contributed by atoms with Gasteiger partial charge < -0.3 is 0 Å². The van der Waals surface area contributed by atoms with Crippen molar-refractivity contribution in [2.24, 2.45) is 0 Å². The molecular weight excluding hydrogens is 166 g/mol. The average molecular weight is 177 g/mol. The second kappa shape index (κ2) is 2.73. The highest BCUT2D eigenvalue weighted by Gasteiger charge is 2.05. The fourth-order valence-corrected chi connectivity index (χ4v) is 1.33. The summed E-state index contributed by atoms with van der Waals surface area (Å²) in [7, 11) is 0. The van der Waals surface area contributed by atoms with Crippen LogP contribution in [-0.4, -0.2) is 14.0 Å². The molecule has 0 aliphatic heterocycles. The Bertz CT molecular complexity index is 481. The lowest BCUT2D eigenvalue weighted by Gasteiger charge is -2.02. The first kappa shape index (κ1) is 8.04. The third-order valence-electron chi connectivity index (χ3n) is 2.04. The van der Waals surface area contributed by atoms with Crippen LogP contribution in [0.2, 0.25) is 0 Å². The van der Waals surface area contributed by atoms with Gasteiger partial charge in [0.25, 0.3) is 0 Å². The number of imidazole rings is 1. The van der Waals surface area contributed by atoms with Gasteiger partial charge in [0.1, 0.15) is 0 Å². The van der Waals surface area contributed by atoms with E-state index in [0.29, 0.717) is 0 Å². The van der Waals surface area contributed by atoms with E-state index in [0.717, 1.165) is 5.52 Å². The summed E-state index contributed by atoms with van der Waals surface area (Å²) in [6, 6.07) is 0.187. The number of hydrogen-bond acceptors (Lipinski definition) is 2. The summed E-state index contributed by atoms with van der Waals surface area (Å²) in [5.74, 6) is 0. The first-order valence-electron chi connectivity index (χ1n) is 4.23. The van der Waals surface area contributed by atoms with Crippen molar-refractivity contribution in [2.45, 2.75) is 19.9 Å². The lowest BCUT2D eigenvalue weighted by atomic mass is 10.4. The predicted molar refractivity (Wildman–Crippen MR) is 49.8 cm³/mol. The van der Waals surface area contributed by atoms with Crippen LogP contribution >= 0.6 is 0 Å². The van der Waals surface area contributed by atoms with Gasteiger partial charge >= 0.3 is 5.69 Å². The van der Waals surface area contributed by atoms with E-state index in [4.69, 9.17) is 0 Å². The SMILES string of the molecule is CC(C)n1cc2cnccn2c1=O. The highest BCUT2D eigenvalue weighted by Crippen LogP contribution is 2.03. The Labute approximate surface area is 75.5 Å². The van der Waals surface area contributed by atoms with E-state index in [1.807, 2.05) is 20.0 Å². The largest absolute Gasteiger partial charge is 0.333 e. The Morgan fingerprint density at radius 2 is 2.23 bits per heavy atom. The minimum Gasteiger partial charge on any atom is -0.296 e. The molecule has 0 aliphatic carbocycles. The van der Waals surface area contributed by atoms with E-state index in [-0.39, 0.29) is 11.7 Å². The molecule has 0 saturated carbocycles. The molecule has 0 spiro atoms. The second-order valence-electron chi connectivity index (χ2n) is 3.28. The quantitative estimate of drug-likeness (QED) is 0.653. The van der Waals surface area contributed by atoms with Crippen LogP contribution in [0.25, 0.3) is 5.52 Å². The van der Waals surface area contributed by atoms with Gasteiger partial charge in [-0.15, -0.1) is 0 Å². The van der Waals surface area contributed by atoms with Gasteiger partial charge in [0.2, 0.25) is 0 Å². The average Bonchev–Trinajstić information content (AvgIpc) is 2.45. The van der Waals surface area contributed by atoms with Crippen molar-refractivity contribution >= 4 is 5.52 Å².